The molecule has 3 rings (SSSR count). The molecule has 2 aromatic carbocycles. The number of hydrogen-bond donors (Lipinski definition) is 4. The van der Waals surface area contributed by atoms with Crippen LogP contribution in [-0.2, 0) is 12.7 Å². The fraction of sp³-hybridized carbons (Fsp3) is 0.158. The maximum absolute atomic E-state index is 13.4. The number of carbonyl (C=O) groups is 1. The van der Waals surface area contributed by atoms with Gasteiger partial charge in [-0.15, -0.1) is 0 Å². The summed E-state index contributed by atoms with van der Waals surface area (Å²) in [7, 11) is 1.46. The average Bonchev–Trinajstić information content (AvgIpc) is 3.13. The van der Waals surface area contributed by atoms with Gasteiger partial charge in [-0.2, -0.15) is 18.2 Å². The summed E-state index contributed by atoms with van der Waals surface area (Å²) in [6, 6.07) is 10.0. The summed E-state index contributed by atoms with van der Waals surface area (Å²) in [5.41, 5.74) is 10.8. The van der Waals surface area contributed by atoms with E-state index >= 15 is 0 Å². The molecule has 29 heavy (non-hydrogen) atoms. The number of amides is 1. The van der Waals surface area contributed by atoms with Gasteiger partial charge >= 0.3 is 6.18 Å². The van der Waals surface area contributed by atoms with Crippen LogP contribution in [0.5, 0.6) is 11.5 Å². The number of fused-ring (bicyclic) bond motifs is 1. The Bertz CT molecular complexity index is 1090. The zero-order valence-corrected chi connectivity index (χ0v) is 15.3. The van der Waals surface area contributed by atoms with Gasteiger partial charge in [0.15, 0.2) is 11.7 Å². The van der Waals surface area contributed by atoms with Gasteiger partial charge in [0.25, 0.3) is 5.91 Å². The summed E-state index contributed by atoms with van der Waals surface area (Å²) in [5, 5.41) is 2.25. The molecule has 6 N–H and O–H groups in total. The van der Waals surface area contributed by atoms with Gasteiger partial charge in [-0.3, -0.25) is 4.79 Å². The minimum Gasteiger partial charge on any atom is -0.455 e. The first kappa shape index (κ1) is 20.2. The van der Waals surface area contributed by atoms with Crippen molar-refractivity contribution in [1.29, 1.82) is 0 Å². The number of ether oxygens (including phenoxy) is 1. The molecule has 1 aromatic heterocycles. The molecule has 1 amide bonds. The number of H-pyrrole nitrogens is 1. The lowest BCUT2D eigenvalue weighted by atomic mass is 10.1. The molecule has 7 nitrogen and oxygen atoms in total. The Morgan fingerprint density at radius 1 is 1.24 bits per heavy atom. The Morgan fingerprint density at radius 3 is 2.66 bits per heavy atom. The molecule has 152 valence electrons. The molecule has 0 saturated heterocycles. The van der Waals surface area contributed by atoms with Crippen LogP contribution in [0.2, 0.25) is 0 Å². The van der Waals surface area contributed by atoms with Crippen molar-refractivity contribution in [2.45, 2.75) is 12.7 Å². The van der Waals surface area contributed by atoms with Crippen molar-refractivity contribution in [3.63, 3.8) is 0 Å². The van der Waals surface area contributed by atoms with Crippen LogP contribution in [0.4, 0.5) is 13.2 Å². The number of alkyl halides is 3. The molecule has 0 aliphatic heterocycles. The second-order valence-corrected chi connectivity index (χ2v) is 6.09. The Kier molecular flexibility index (Phi) is 5.46. The number of aromatic nitrogens is 1. The summed E-state index contributed by atoms with van der Waals surface area (Å²) in [6.07, 6.45) is -4.62. The lowest BCUT2D eigenvalue weighted by molar-refractivity contribution is -0.136. The summed E-state index contributed by atoms with van der Waals surface area (Å²) >= 11 is 0. The highest BCUT2D eigenvalue weighted by Gasteiger charge is 2.34. The molecule has 3 aromatic rings. The third-order valence-corrected chi connectivity index (χ3v) is 4.13. The van der Waals surface area contributed by atoms with E-state index < -0.39 is 17.6 Å². The molecule has 0 aliphatic rings. The summed E-state index contributed by atoms with van der Waals surface area (Å²) < 4.78 is 46.1. The van der Waals surface area contributed by atoms with Gasteiger partial charge in [-0.1, -0.05) is 12.1 Å². The fourth-order valence-electron chi connectivity index (χ4n) is 2.73. The first-order valence-electron chi connectivity index (χ1n) is 8.49. The van der Waals surface area contributed by atoms with E-state index in [-0.39, 0.29) is 34.9 Å². The van der Waals surface area contributed by atoms with E-state index in [2.05, 4.69) is 15.3 Å². The Hall–Kier alpha value is -3.53. The first-order valence-corrected chi connectivity index (χ1v) is 8.49. The highest BCUT2D eigenvalue weighted by atomic mass is 19.4. The van der Waals surface area contributed by atoms with Crippen molar-refractivity contribution in [1.82, 2.24) is 10.3 Å². The second-order valence-electron chi connectivity index (χ2n) is 6.09. The zero-order chi connectivity index (χ0) is 21.2. The van der Waals surface area contributed by atoms with Crippen LogP contribution < -0.4 is 21.5 Å². The number of aromatic amines is 1. The third kappa shape index (κ3) is 4.32. The molecule has 0 atom stereocenters. The molecule has 0 bridgehead atoms. The normalized spacial score (nSPS) is 12.2. The molecule has 0 saturated carbocycles. The number of aliphatic imine (C=N–C) groups is 1. The van der Waals surface area contributed by atoms with Crippen LogP contribution >= 0.6 is 0 Å². The Morgan fingerprint density at radius 2 is 2.00 bits per heavy atom. The van der Waals surface area contributed by atoms with Crippen molar-refractivity contribution in [2.24, 2.45) is 16.5 Å². The maximum Gasteiger partial charge on any atom is 0.417 e. The van der Waals surface area contributed by atoms with Crippen LogP contribution in [0, 0.1) is 0 Å². The lowest BCUT2D eigenvalue weighted by Crippen LogP contribution is -2.28. The largest absolute Gasteiger partial charge is 0.455 e. The number of guanidine groups is 1. The topological polar surface area (TPSA) is 119 Å². The van der Waals surface area contributed by atoms with E-state index in [4.69, 9.17) is 16.2 Å². The lowest BCUT2D eigenvalue weighted by Gasteiger charge is -2.12. The number of nitrogens with one attached hydrogen (secondary N) is 2. The fourth-order valence-corrected chi connectivity index (χ4v) is 2.73. The zero-order valence-electron chi connectivity index (χ0n) is 15.3. The second kappa shape index (κ2) is 7.84. The van der Waals surface area contributed by atoms with E-state index in [9.17, 15) is 18.0 Å². The van der Waals surface area contributed by atoms with Gasteiger partial charge in [0, 0.05) is 19.0 Å². The molecular weight excluding hydrogens is 387 g/mol. The number of nitrogens with two attached hydrogens (primary N) is 2. The van der Waals surface area contributed by atoms with Crippen molar-refractivity contribution < 1.29 is 22.7 Å². The van der Waals surface area contributed by atoms with Crippen molar-refractivity contribution in [3.05, 3.63) is 59.3 Å². The predicted molar refractivity (Wildman–Crippen MR) is 103 cm³/mol. The third-order valence-electron chi connectivity index (χ3n) is 4.13. The summed E-state index contributed by atoms with van der Waals surface area (Å²) in [4.78, 5) is 18.5. The van der Waals surface area contributed by atoms with Gasteiger partial charge in [0.1, 0.15) is 11.4 Å². The molecular formula is C19H18F3N5O2. The predicted octanol–water partition coefficient (Wildman–Crippen LogP) is 3.11. The summed E-state index contributed by atoms with van der Waals surface area (Å²) in [5.74, 6) is -0.474. The molecule has 0 spiro atoms. The van der Waals surface area contributed by atoms with Crippen molar-refractivity contribution in [2.75, 3.05) is 7.05 Å². The molecule has 0 unspecified atom stereocenters. The van der Waals surface area contributed by atoms with Gasteiger partial charge in [0.2, 0.25) is 0 Å². The first-order chi connectivity index (χ1) is 13.7. The standard InChI is InChI=1S/C19H18F3N5O2/c1-25-18(24)27-17(28)14-8-12-13(19(20,21)22)5-6-15(16(12)26-14)29-11-4-2-3-10(7-11)9-23/h2-8,26H,9,23H2,1H3,(H3,24,25,27,28). The van der Waals surface area contributed by atoms with E-state index in [1.807, 2.05) is 0 Å². The number of benzene rings is 2. The Balaban J connectivity index is 2.12. The highest BCUT2D eigenvalue weighted by Crippen LogP contribution is 2.40. The average molecular weight is 405 g/mol. The molecule has 1 heterocycles. The Labute approximate surface area is 163 Å². The van der Waals surface area contributed by atoms with Gasteiger partial charge in [-0.05, 0) is 35.9 Å². The van der Waals surface area contributed by atoms with E-state index in [1.54, 1.807) is 24.3 Å². The van der Waals surface area contributed by atoms with Crippen molar-refractivity contribution in [3.8, 4) is 11.5 Å². The van der Waals surface area contributed by atoms with Crippen LogP contribution in [-0.4, -0.2) is 23.9 Å². The molecule has 10 heteroatoms. The summed E-state index contributed by atoms with van der Waals surface area (Å²) in [6.45, 7) is 0.283. The monoisotopic (exact) mass is 405 g/mol. The van der Waals surface area contributed by atoms with Gasteiger partial charge in [0.05, 0.1) is 11.1 Å². The van der Waals surface area contributed by atoms with Crippen LogP contribution in [0.3, 0.4) is 0 Å². The molecule has 0 radical (unpaired) electrons. The van der Waals surface area contributed by atoms with Crippen LogP contribution in [0.15, 0.2) is 47.5 Å². The van der Waals surface area contributed by atoms with Crippen molar-refractivity contribution >= 4 is 22.8 Å². The van der Waals surface area contributed by atoms with Gasteiger partial charge < -0.3 is 26.5 Å². The number of nitrogens with zero attached hydrogens (tertiary/aromatic N) is 1. The van der Waals surface area contributed by atoms with E-state index in [0.29, 0.717) is 5.75 Å². The number of carbonyl (C=O) groups excluding carboxylic acids is 1. The molecule has 0 aliphatic carbocycles. The molecule has 0 fully saturated rings. The SMILES string of the molecule is CNC(N)=NC(=O)c1cc2c(C(F)(F)F)ccc(Oc3cccc(CN)c3)c2[nH]1. The minimum atomic E-state index is -4.62. The van der Waals surface area contributed by atoms with Crippen LogP contribution in [0.1, 0.15) is 21.6 Å². The van der Waals surface area contributed by atoms with E-state index in [0.717, 1.165) is 17.7 Å². The highest BCUT2D eigenvalue weighted by molar-refractivity contribution is 6.05. The number of halogens is 3. The van der Waals surface area contributed by atoms with E-state index in [1.165, 1.54) is 13.1 Å². The smallest absolute Gasteiger partial charge is 0.417 e. The maximum atomic E-state index is 13.4. The quantitative estimate of drug-likeness (QED) is 0.393. The minimum absolute atomic E-state index is 0.0135. The number of rotatable bonds is 4. The number of hydrogen-bond acceptors (Lipinski definition) is 3. The van der Waals surface area contributed by atoms with Gasteiger partial charge in [-0.25, -0.2) is 0 Å². The van der Waals surface area contributed by atoms with Crippen LogP contribution in [0.25, 0.3) is 10.9 Å².